The molecule has 0 heteroatoms. The highest BCUT2D eigenvalue weighted by atomic mass is 14.2. The van der Waals surface area contributed by atoms with Crippen LogP contribution in [-0.4, -0.2) is 0 Å². The molecule has 0 bridgehead atoms. The van der Waals surface area contributed by atoms with Gasteiger partial charge in [-0.25, -0.2) is 0 Å². The monoisotopic (exact) mass is 162 g/mol. The van der Waals surface area contributed by atoms with Crippen LogP contribution in [0.3, 0.4) is 0 Å². The van der Waals surface area contributed by atoms with Gasteiger partial charge in [0.25, 0.3) is 0 Å². The standard InChI is InChI=1S/C12H18/c1-4-6-11-7-5-8-12(11)9-10(2)3/h4,6,9-10H,1,5,7-8H2,2-3H3/b11-6-,12-9-. The van der Waals surface area contributed by atoms with E-state index in [0.29, 0.717) is 5.92 Å². The van der Waals surface area contributed by atoms with Crippen LogP contribution in [0.5, 0.6) is 0 Å². The van der Waals surface area contributed by atoms with Gasteiger partial charge >= 0.3 is 0 Å². The van der Waals surface area contributed by atoms with Crippen LogP contribution >= 0.6 is 0 Å². The van der Waals surface area contributed by atoms with Crippen molar-refractivity contribution in [3.63, 3.8) is 0 Å². The van der Waals surface area contributed by atoms with Crippen molar-refractivity contribution in [3.8, 4) is 0 Å². The maximum Gasteiger partial charge on any atom is -0.0273 e. The first kappa shape index (κ1) is 9.31. The van der Waals surface area contributed by atoms with Crippen LogP contribution in [-0.2, 0) is 0 Å². The van der Waals surface area contributed by atoms with Crippen molar-refractivity contribution in [2.75, 3.05) is 0 Å². The second-order valence-corrected chi connectivity index (χ2v) is 3.72. The van der Waals surface area contributed by atoms with Crippen LogP contribution < -0.4 is 0 Å². The van der Waals surface area contributed by atoms with E-state index in [9.17, 15) is 0 Å². The molecule has 0 saturated heterocycles. The summed E-state index contributed by atoms with van der Waals surface area (Å²) in [6, 6.07) is 0. The highest BCUT2D eigenvalue weighted by Gasteiger charge is 2.12. The van der Waals surface area contributed by atoms with Gasteiger partial charge in [-0.1, -0.05) is 38.7 Å². The van der Waals surface area contributed by atoms with Gasteiger partial charge in [0, 0.05) is 0 Å². The van der Waals surface area contributed by atoms with E-state index in [1.54, 1.807) is 5.57 Å². The van der Waals surface area contributed by atoms with E-state index in [1.165, 1.54) is 24.8 Å². The second kappa shape index (κ2) is 4.30. The molecule has 0 aromatic carbocycles. The van der Waals surface area contributed by atoms with E-state index >= 15 is 0 Å². The molecule has 0 aromatic rings. The maximum absolute atomic E-state index is 3.73. The maximum atomic E-state index is 3.73. The smallest absolute Gasteiger partial charge is 0.0273 e. The molecule has 0 amide bonds. The number of rotatable bonds is 2. The van der Waals surface area contributed by atoms with Crippen LogP contribution in [0.4, 0.5) is 0 Å². The van der Waals surface area contributed by atoms with Crippen LogP contribution in [0.25, 0.3) is 0 Å². The zero-order valence-corrected chi connectivity index (χ0v) is 8.14. The Kier molecular flexibility index (Phi) is 3.33. The number of allylic oxidation sites excluding steroid dienone is 5. The van der Waals surface area contributed by atoms with E-state index in [1.807, 2.05) is 6.08 Å². The number of hydrogen-bond donors (Lipinski definition) is 0. The average Bonchev–Trinajstić information content (AvgIpc) is 2.37. The third-order valence-electron chi connectivity index (χ3n) is 2.16. The van der Waals surface area contributed by atoms with E-state index in [-0.39, 0.29) is 0 Å². The summed E-state index contributed by atoms with van der Waals surface area (Å²) in [4.78, 5) is 0. The van der Waals surface area contributed by atoms with E-state index in [4.69, 9.17) is 0 Å². The molecule has 0 N–H and O–H groups in total. The second-order valence-electron chi connectivity index (χ2n) is 3.72. The summed E-state index contributed by atoms with van der Waals surface area (Å²) in [5.74, 6) is 0.673. The topological polar surface area (TPSA) is 0 Å². The number of hydrogen-bond acceptors (Lipinski definition) is 0. The molecular formula is C12H18. The predicted octanol–water partition coefficient (Wildman–Crippen LogP) is 3.87. The van der Waals surface area contributed by atoms with Crippen LogP contribution in [0.1, 0.15) is 33.1 Å². The Labute approximate surface area is 75.7 Å². The normalized spacial score (nSPS) is 24.2. The Balaban J connectivity index is 2.76. The fourth-order valence-electron chi connectivity index (χ4n) is 1.72. The van der Waals surface area contributed by atoms with Gasteiger partial charge in [0.1, 0.15) is 0 Å². The minimum atomic E-state index is 0.673. The molecule has 1 aliphatic carbocycles. The molecule has 66 valence electrons. The molecule has 0 unspecified atom stereocenters. The summed E-state index contributed by atoms with van der Waals surface area (Å²) in [6.07, 6.45) is 10.2. The van der Waals surface area contributed by atoms with Gasteiger partial charge in [-0.15, -0.1) is 0 Å². The van der Waals surface area contributed by atoms with Crippen molar-refractivity contribution in [2.24, 2.45) is 5.92 Å². The SMILES string of the molecule is C=C/C=C1/CCC/C1=C/C(C)C. The lowest BCUT2D eigenvalue weighted by Gasteiger charge is -2.02. The predicted molar refractivity (Wildman–Crippen MR) is 55.1 cm³/mol. The Morgan fingerprint density at radius 1 is 1.25 bits per heavy atom. The van der Waals surface area contributed by atoms with Gasteiger partial charge in [0.05, 0.1) is 0 Å². The molecular weight excluding hydrogens is 144 g/mol. The van der Waals surface area contributed by atoms with Gasteiger partial charge in [0.2, 0.25) is 0 Å². The molecule has 1 fully saturated rings. The Bertz CT molecular complexity index is 216. The summed E-state index contributed by atoms with van der Waals surface area (Å²) in [5, 5.41) is 0. The van der Waals surface area contributed by atoms with Crippen LogP contribution in [0, 0.1) is 5.92 Å². The third kappa shape index (κ3) is 2.37. The molecule has 1 aliphatic rings. The highest BCUT2D eigenvalue weighted by molar-refractivity contribution is 5.37. The van der Waals surface area contributed by atoms with Crippen molar-refractivity contribution in [1.29, 1.82) is 0 Å². The molecule has 0 aromatic heterocycles. The largest absolute Gasteiger partial charge is 0.0991 e. The summed E-state index contributed by atoms with van der Waals surface area (Å²) >= 11 is 0. The minimum absolute atomic E-state index is 0.673. The fourth-order valence-corrected chi connectivity index (χ4v) is 1.72. The van der Waals surface area contributed by atoms with Crippen molar-refractivity contribution in [2.45, 2.75) is 33.1 Å². The fraction of sp³-hybridized carbons (Fsp3) is 0.500. The van der Waals surface area contributed by atoms with Gasteiger partial charge in [0.15, 0.2) is 0 Å². The van der Waals surface area contributed by atoms with Gasteiger partial charge in [-0.3, -0.25) is 0 Å². The van der Waals surface area contributed by atoms with Crippen molar-refractivity contribution >= 4 is 0 Å². The lowest BCUT2D eigenvalue weighted by atomic mass is 10.0. The van der Waals surface area contributed by atoms with Gasteiger partial charge < -0.3 is 0 Å². The van der Waals surface area contributed by atoms with Crippen molar-refractivity contribution in [3.05, 3.63) is 36.0 Å². The average molecular weight is 162 g/mol. The van der Waals surface area contributed by atoms with Gasteiger partial charge in [-0.2, -0.15) is 0 Å². The quantitative estimate of drug-likeness (QED) is 0.578. The lowest BCUT2D eigenvalue weighted by Crippen LogP contribution is -1.84. The third-order valence-corrected chi connectivity index (χ3v) is 2.16. The zero-order chi connectivity index (χ0) is 8.97. The van der Waals surface area contributed by atoms with Crippen molar-refractivity contribution < 1.29 is 0 Å². The Hall–Kier alpha value is -0.780. The van der Waals surface area contributed by atoms with E-state index < -0.39 is 0 Å². The molecule has 0 heterocycles. The first-order valence-corrected chi connectivity index (χ1v) is 4.76. The van der Waals surface area contributed by atoms with Crippen LogP contribution in [0.2, 0.25) is 0 Å². The first-order chi connectivity index (χ1) is 5.74. The Morgan fingerprint density at radius 3 is 2.50 bits per heavy atom. The van der Waals surface area contributed by atoms with Crippen LogP contribution in [0.15, 0.2) is 36.0 Å². The van der Waals surface area contributed by atoms with E-state index in [2.05, 4.69) is 32.6 Å². The molecule has 0 nitrogen and oxygen atoms in total. The summed E-state index contributed by atoms with van der Waals surface area (Å²) < 4.78 is 0. The zero-order valence-electron chi connectivity index (χ0n) is 8.14. The molecule has 12 heavy (non-hydrogen) atoms. The molecule has 0 radical (unpaired) electrons. The Morgan fingerprint density at radius 2 is 1.92 bits per heavy atom. The summed E-state index contributed by atoms with van der Waals surface area (Å²) in [6.45, 7) is 8.20. The summed E-state index contributed by atoms with van der Waals surface area (Å²) in [7, 11) is 0. The molecule has 0 spiro atoms. The lowest BCUT2D eigenvalue weighted by molar-refractivity contribution is 0.817. The molecule has 0 aliphatic heterocycles. The molecule has 0 atom stereocenters. The van der Waals surface area contributed by atoms with Gasteiger partial charge in [-0.05, 0) is 36.3 Å². The molecule has 1 saturated carbocycles. The summed E-state index contributed by atoms with van der Waals surface area (Å²) in [5.41, 5.74) is 3.05. The first-order valence-electron chi connectivity index (χ1n) is 4.76. The van der Waals surface area contributed by atoms with Crippen molar-refractivity contribution in [1.82, 2.24) is 0 Å². The van der Waals surface area contributed by atoms with E-state index in [0.717, 1.165) is 0 Å². The molecule has 1 rings (SSSR count). The minimum Gasteiger partial charge on any atom is -0.0991 e. The highest BCUT2D eigenvalue weighted by Crippen LogP contribution is 2.31.